The summed E-state index contributed by atoms with van der Waals surface area (Å²) in [6.45, 7) is 7.49. The summed E-state index contributed by atoms with van der Waals surface area (Å²) >= 11 is 1.49. The largest absolute Gasteiger partial charge is 0.491 e. The summed E-state index contributed by atoms with van der Waals surface area (Å²) in [5.74, 6) is 1.45. The number of likely N-dealkylation sites (tertiary alicyclic amines) is 1. The first-order chi connectivity index (χ1) is 12.5. The molecule has 2 atom stereocenters. The number of rotatable bonds is 5. The minimum absolute atomic E-state index is 0. The van der Waals surface area contributed by atoms with Crippen LogP contribution in [0.5, 0.6) is 5.75 Å². The lowest BCUT2D eigenvalue weighted by Crippen LogP contribution is -2.49. The molecule has 1 aliphatic rings. The number of halogens is 1. The fourth-order valence-corrected chi connectivity index (χ4v) is 4.14. The van der Waals surface area contributed by atoms with Crippen LogP contribution in [-0.2, 0) is 0 Å². The summed E-state index contributed by atoms with van der Waals surface area (Å²) in [7, 11) is 0. The van der Waals surface area contributed by atoms with Gasteiger partial charge in [-0.25, -0.2) is 4.98 Å². The van der Waals surface area contributed by atoms with Gasteiger partial charge in [0.05, 0.1) is 6.10 Å². The zero-order valence-electron chi connectivity index (χ0n) is 16.1. The highest BCUT2D eigenvalue weighted by atomic mass is 35.5. The molecule has 0 saturated carbocycles. The van der Waals surface area contributed by atoms with E-state index in [0.29, 0.717) is 18.2 Å². The molecule has 1 fully saturated rings. The minimum atomic E-state index is -0.00499. The fourth-order valence-electron chi connectivity index (χ4n) is 3.34. The van der Waals surface area contributed by atoms with Crippen LogP contribution in [0.3, 0.4) is 0 Å². The number of carbonyl (C=O) groups excluding carboxylic acids is 1. The second-order valence-corrected chi connectivity index (χ2v) is 8.10. The van der Waals surface area contributed by atoms with Gasteiger partial charge in [-0.2, -0.15) is 0 Å². The Hall–Kier alpha value is -1.63. The summed E-state index contributed by atoms with van der Waals surface area (Å²) in [5, 5.41) is 2.70. The Kier molecular flexibility index (Phi) is 7.65. The van der Waals surface area contributed by atoms with Crippen LogP contribution < -0.4 is 10.5 Å². The average Bonchev–Trinajstić information content (AvgIpc) is 3.11. The normalized spacial score (nSPS) is 19.7. The molecule has 0 radical (unpaired) electrons. The van der Waals surface area contributed by atoms with E-state index in [4.69, 9.17) is 10.5 Å². The zero-order chi connectivity index (χ0) is 18.7. The van der Waals surface area contributed by atoms with Crippen molar-refractivity contribution in [1.82, 2.24) is 9.88 Å². The van der Waals surface area contributed by atoms with E-state index in [-0.39, 0.29) is 30.5 Å². The van der Waals surface area contributed by atoms with Crippen molar-refractivity contribution in [3.63, 3.8) is 0 Å². The minimum Gasteiger partial charge on any atom is -0.491 e. The predicted molar refractivity (Wildman–Crippen MR) is 113 cm³/mol. The van der Waals surface area contributed by atoms with Gasteiger partial charge in [0, 0.05) is 30.1 Å². The number of hydrogen-bond donors (Lipinski definition) is 1. The standard InChI is InChI=1S/C20H27N3O2S.ClH/c1-13(2)25-17-6-4-15(5-7-17)19-22-18(12-26-19)20(24)23-9-8-14(3)10-16(23)11-21;/h4-7,12-14,16H,8-11,21H2,1-3H3;1H. The lowest BCUT2D eigenvalue weighted by Gasteiger charge is -2.37. The molecule has 1 aromatic carbocycles. The van der Waals surface area contributed by atoms with Crippen molar-refractivity contribution in [3.05, 3.63) is 35.3 Å². The van der Waals surface area contributed by atoms with Crippen LogP contribution in [0.4, 0.5) is 0 Å². The molecule has 7 heteroatoms. The van der Waals surface area contributed by atoms with Crippen LogP contribution in [-0.4, -0.2) is 41.0 Å². The fraction of sp³-hybridized carbons (Fsp3) is 0.500. The highest BCUT2D eigenvalue weighted by Gasteiger charge is 2.30. The van der Waals surface area contributed by atoms with Gasteiger partial charge in [0.25, 0.3) is 5.91 Å². The third kappa shape index (κ3) is 5.21. The molecule has 1 amide bonds. The maximum absolute atomic E-state index is 12.9. The van der Waals surface area contributed by atoms with Crippen molar-refractivity contribution in [2.24, 2.45) is 11.7 Å². The number of thiazole rings is 1. The molecular weight excluding hydrogens is 382 g/mol. The summed E-state index contributed by atoms with van der Waals surface area (Å²) in [4.78, 5) is 19.4. The van der Waals surface area contributed by atoms with Gasteiger partial charge in [-0.3, -0.25) is 4.79 Å². The molecule has 0 bridgehead atoms. The maximum atomic E-state index is 12.9. The van der Waals surface area contributed by atoms with Crippen LogP contribution in [0, 0.1) is 5.92 Å². The smallest absolute Gasteiger partial charge is 0.273 e. The third-order valence-electron chi connectivity index (χ3n) is 4.71. The Morgan fingerprint density at radius 2 is 2.07 bits per heavy atom. The van der Waals surface area contributed by atoms with Gasteiger partial charge >= 0.3 is 0 Å². The second kappa shape index (κ2) is 9.53. The average molecular weight is 410 g/mol. The molecule has 2 heterocycles. The van der Waals surface area contributed by atoms with E-state index in [9.17, 15) is 4.79 Å². The van der Waals surface area contributed by atoms with E-state index >= 15 is 0 Å². The first-order valence-corrected chi connectivity index (χ1v) is 10.1. The summed E-state index contributed by atoms with van der Waals surface area (Å²) in [6.07, 6.45) is 2.14. The van der Waals surface area contributed by atoms with Crippen LogP contribution >= 0.6 is 23.7 Å². The number of piperidine rings is 1. The molecule has 1 aliphatic heterocycles. The number of carbonyl (C=O) groups is 1. The molecule has 2 aromatic rings. The Balaban J connectivity index is 0.00000261. The number of aromatic nitrogens is 1. The van der Waals surface area contributed by atoms with Crippen LogP contribution in [0.25, 0.3) is 10.6 Å². The van der Waals surface area contributed by atoms with Gasteiger partial charge in [-0.05, 0) is 56.9 Å². The quantitative estimate of drug-likeness (QED) is 0.802. The monoisotopic (exact) mass is 409 g/mol. The molecule has 27 heavy (non-hydrogen) atoms. The van der Waals surface area contributed by atoms with Gasteiger partial charge in [-0.1, -0.05) is 6.92 Å². The van der Waals surface area contributed by atoms with Crippen molar-refractivity contribution in [1.29, 1.82) is 0 Å². The number of nitrogens with two attached hydrogens (primary N) is 1. The number of ether oxygens (including phenoxy) is 1. The van der Waals surface area contributed by atoms with Crippen LogP contribution in [0.2, 0.25) is 0 Å². The SMILES string of the molecule is CC1CCN(C(=O)c2csc(-c3ccc(OC(C)C)cc3)n2)C(CN)C1.Cl. The van der Waals surface area contributed by atoms with Crippen molar-refractivity contribution >= 4 is 29.7 Å². The number of nitrogens with zero attached hydrogens (tertiary/aromatic N) is 2. The number of amides is 1. The van der Waals surface area contributed by atoms with Crippen molar-refractivity contribution < 1.29 is 9.53 Å². The van der Waals surface area contributed by atoms with Gasteiger partial charge in [0.15, 0.2) is 0 Å². The molecule has 2 unspecified atom stereocenters. The maximum Gasteiger partial charge on any atom is 0.273 e. The molecule has 0 spiro atoms. The van der Waals surface area contributed by atoms with E-state index in [1.165, 1.54) is 11.3 Å². The van der Waals surface area contributed by atoms with Gasteiger partial charge in [0.1, 0.15) is 16.5 Å². The molecule has 148 valence electrons. The summed E-state index contributed by atoms with van der Waals surface area (Å²) in [6, 6.07) is 7.96. The van der Waals surface area contributed by atoms with E-state index in [1.807, 2.05) is 48.4 Å². The third-order valence-corrected chi connectivity index (χ3v) is 5.60. The molecule has 3 rings (SSSR count). The van der Waals surface area contributed by atoms with E-state index in [2.05, 4.69) is 11.9 Å². The lowest BCUT2D eigenvalue weighted by molar-refractivity contribution is 0.0568. The summed E-state index contributed by atoms with van der Waals surface area (Å²) in [5.41, 5.74) is 7.40. The Labute approximate surface area is 171 Å². The van der Waals surface area contributed by atoms with E-state index < -0.39 is 0 Å². The van der Waals surface area contributed by atoms with E-state index in [1.54, 1.807) is 0 Å². The lowest BCUT2D eigenvalue weighted by atomic mass is 9.92. The number of benzene rings is 1. The second-order valence-electron chi connectivity index (χ2n) is 7.25. The first kappa shape index (κ1) is 21.7. The van der Waals surface area contributed by atoms with Gasteiger partial charge in [0.2, 0.25) is 0 Å². The Morgan fingerprint density at radius 3 is 2.70 bits per heavy atom. The van der Waals surface area contributed by atoms with Gasteiger partial charge in [-0.15, -0.1) is 23.7 Å². The highest BCUT2D eigenvalue weighted by molar-refractivity contribution is 7.13. The molecule has 5 nitrogen and oxygen atoms in total. The highest BCUT2D eigenvalue weighted by Crippen LogP contribution is 2.28. The van der Waals surface area contributed by atoms with E-state index in [0.717, 1.165) is 35.7 Å². The van der Waals surface area contributed by atoms with Crippen molar-refractivity contribution in [2.75, 3.05) is 13.1 Å². The van der Waals surface area contributed by atoms with Crippen molar-refractivity contribution in [3.8, 4) is 16.3 Å². The topological polar surface area (TPSA) is 68.5 Å². The Morgan fingerprint density at radius 1 is 1.37 bits per heavy atom. The summed E-state index contributed by atoms with van der Waals surface area (Å²) < 4.78 is 5.67. The van der Waals surface area contributed by atoms with Gasteiger partial charge < -0.3 is 15.4 Å². The molecule has 1 aromatic heterocycles. The number of hydrogen-bond acceptors (Lipinski definition) is 5. The first-order valence-electron chi connectivity index (χ1n) is 9.21. The predicted octanol–water partition coefficient (Wildman–Crippen LogP) is 4.22. The molecule has 0 aliphatic carbocycles. The van der Waals surface area contributed by atoms with Crippen molar-refractivity contribution in [2.45, 2.75) is 45.8 Å². The van der Waals surface area contributed by atoms with Crippen LogP contribution in [0.15, 0.2) is 29.6 Å². The van der Waals surface area contributed by atoms with Crippen LogP contribution in [0.1, 0.15) is 44.1 Å². The molecule has 1 saturated heterocycles. The Bertz CT molecular complexity index is 748. The molecular formula is C20H28ClN3O2S. The zero-order valence-corrected chi connectivity index (χ0v) is 17.7. The molecule has 2 N–H and O–H groups in total.